The quantitative estimate of drug-likeness (QED) is 0.488. The molecule has 0 aliphatic heterocycles. The maximum Gasteiger partial charge on any atom is 0.302 e. The fourth-order valence-corrected chi connectivity index (χ4v) is 6.23. The fraction of sp³-hybridized carbons (Fsp3) is 0.773. The zero-order valence-electron chi connectivity index (χ0n) is 16.9. The van der Waals surface area contributed by atoms with Crippen molar-refractivity contribution in [3.63, 3.8) is 0 Å². The second-order valence-corrected chi connectivity index (χ2v) is 9.50. The Bertz CT molecular complexity index is 639. The van der Waals surface area contributed by atoms with Crippen LogP contribution in [0.15, 0.2) is 24.3 Å². The van der Waals surface area contributed by atoms with Gasteiger partial charge in [0.05, 0.1) is 12.2 Å². The summed E-state index contributed by atoms with van der Waals surface area (Å²) in [5, 5.41) is 31.7. The monoisotopic (exact) mass is 378 g/mol. The molecule has 3 aliphatic rings. The van der Waals surface area contributed by atoms with Crippen LogP contribution in [0, 0.1) is 35.0 Å². The summed E-state index contributed by atoms with van der Waals surface area (Å²) in [6, 6.07) is 0. The van der Waals surface area contributed by atoms with E-state index in [9.17, 15) is 20.1 Å². The molecule has 5 heteroatoms. The molecule has 0 aromatic heterocycles. The van der Waals surface area contributed by atoms with Gasteiger partial charge in [0.2, 0.25) is 0 Å². The van der Waals surface area contributed by atoms with Gasteiger partial charge in [-0.1, -0.05) is 39.0 Å². The SMILES string of the molecule is C=C([C@H](O)/C=C/[C@@](C)(O)COC(C)=O)[C@@H]1C[C@H](O)[C@@]2(C)[C@@H]1[C@@H]1[C@H](C)CC[C@@H]12. The molecule has 0 amide bonds. The van der Waals surface area contributed by atoms with Crippen molar-refractivity contribution in [2.24, 2.45) is 35.0 Å². The average Bonchev–Trinajstić information content (AvgIpc) is 3.03. The Kier molecular flexibility index (Phi) is 5.34. The third kappa shape index (κ3) is 3.39. The minimum absolute atomic E-state index is 0.0622. The van der Waals surface area contributed by atoms with E-state index < -0.39 is 17.7 Å². The van der Waals surface area contributed by atoms with Crippen LogP contribution in [-0.4, -0.2) is 45.7 Å². The molecular formula is C22H34O5. The molecule has 0 unspecified atom stereocenters. The first-order chi connectivity index (χ1) is 12.5. The zero-order valence-corrected chi connectivity index (χ0v) is 16.9. The number of aliphatic hydroxyl groups excluding tert-OH is 2. The van der Waals surface area contributed by atoms with Gasteiger partial charge in [-0.25, -0.2) is 0 Å². The van der Waals surface area contributed by atoms with E-state index in [0.29, 0.717) is 35.7 Å². The number of rotatable bonds is 6. The molecule has 3 rings (SSSR count). The van der Waals surface area contributed by atoms with Crippen LogP contribution >= 0.6 is 0 Å². The van der Waals surface area contributed by atoms with Crippen LogP contribution in [0.3, 0.4) is 0 Å². The second kappa shape index (κ2) is 7.02. The lowest BCUT2D eigenvalue weighted by Crippen LogP contribution is -2.57. The van der Waals surface area contributed by atoms with Crippen molar-refractivity contribution in [3.05, 3.63) is 24.3 Å². The minimum Gasteiger partial charge on any atom is -0.462 e. The molecule has 5 nitrogen and oxygen atoms in total. The van der Waals surface area contributed by atoms with E-state index in [1.165, 1.54) is 38.8 Å². The Morgan fingerprint density at radius 2 is 2.11 bits per heavy atom. The Hall–Kier alpha value is -1.17. The second-order valence-electron chi connectivity index (χ2n) is 9.50. The Morgan fingerprint density at radius 3 is 2.74 bits per heavy atom. The molecule has 0 bridgehead atoms. The summed E-state index contributed by atoms with van der Waals surface area (Å²) in [5.74, 6) is 1.85. The summed E-state index contributed by atoms with van der Waals surface area (Å²) in [4.78, 5) is 10.9. The predicted molar refractivity (Wildman–Crippen MR) is 103 cm³/mol. The minimum atomic E-state index is -1.35. The topological polar surface area (TPSA) is 87.0 Å². The van der Waals surface area contributed by atoms with E-state index in [2.05, 4.69) is 20.4 Å². The summed E-state index contributed by atoms with van der Waals surface area (Å²) >= 11 is 0. The lowest BCUT2D eigenvalue weighted by Gasteiger charge is -2.58. The van der Waals surface area contributed by atoms with Crippen molar-refractivity contribution < 1.29 is 24.9 Å². The lowest BCUT2D eigenvalue weighted by molar-refractivity contribution is -0.145. The van der Waals surface area contributed by atoms with Crippen LogP contribution in [-0.2, 0) is 9.53 Å². The molecule has 0 aromatic rings. The number of hydrogen-bond donors (Lipinski definition) is 3. The van der Waals surface area contributed by atoms with Gasteiger partial charge in [0.25, 0.3) is 0 Å². The molecule has 3 N–H and O–H groups in total. The highest BCUT2D eigenvalue weighted by molar-refractivity contribution is 5.66. The van der Waals surface area contributed by atoms with Crippen molar-refractivity contribution in [1.82, 2.24) is 0 Å². The molecule has 152 valence electrons. The van der Waals surface area contributed by atoms with Gasteiger partial charge in [-0.2, -0.15) is 0 Å². The molecule has 9 atom stereocenters. The van der Waals surface area contributed by atoms with Crippen LogP contribution in [0.2, 0.25) is 0 Å². The van der Waals surface area contributed by atoms with Gasteiger partial charge in [0.1, 0.15) is 12.2 Å². The van der Waals surface area contributed by atoms with Crippen molar-refractivity contribution in [2.45, 2.75) is 64.8 Å². The van der Waals surface area contributed by atoms with Crippen LogP contribution < -0.4 is 0 Å². The number of carbonyl (C=O) groups is 1. The first-order valence-corrected chi connectivity index (χ1v) is 10.1. The van der Waals surface area contributed by atoms with Crippen molar-refractivity contribution in [1.29, 1.82) is 0 Å². The zero-order chi connectivity index (χ0) is 20.1. The van der Waals surface area contributed by atoms with E-state index in [1.807, 2.05) is 0 Å². The highest BCUT2D eigenvalue weighted by Gasteiger charge is 2.70. The largest absolute Gasteiger partial charge is 0.462 e. The van der Waals surface area contributed by atoms with Crippen molar-refractivity contribution in [3.8, 4) is 0 Å². The number of carbonyl (C=O) groups excluding carboxylic acids is 1. The molecule has 0 radical (unpaired) electrons. The predicted octanol–water partition coefficient (Wildman–Crippen LogP) is 2.45. The number of fused-ring (bicyclic) bond motifs is 4. The van der Waals surface area contributed by atoms with Gasteiger partial charge >= 0.3 is 5.97 Å². The summed E-state index contributed by atoms with van der Waals surface area (Å²) in [5.41, 5.74) is -0.703. The highest BCUT2D eigenvalue weighted by Crippen LogP contribution is 2.73. The third-order valence-corrected chi connectivity index (χ3v) is 7.68. The van der Waals surface area contributed by atoms with Gasteiger partial charge in [-0.3, -0.25) is 4.79 Å². The number of aliphatic hydroxyl groups is 3. The molecule has 27 heavy (non-hydrogen) atoms. The number of hydrogen-bond acceptors (Lipinski definition) is 5. The summed E-state index contributed by atoms with van der Waals surface area (Å²) in [7, 11) is 0. The van der Waals surface area contributed by atoms with Crippen LogP contribution in [0.25, 0.3) is 0 Å². The molecule has 3 fully saturated rings. The average molecular weight is 379 g/mol. The maximum absolute atomic E-state index is 10.9. The van der Waals surface area contributed by atoms with Gasteiger partial charge in [0.15, 0.2) is 0 Å². The molecule has 0 aromatic carbocycles. The summed E-state index contributed by atoms with van der Waals surface area (Å²) in [6.07, 6.45) is 4.78. The van der Waals surface area contributed by atoms with E-state index >= 15 is 0 Å². The van der Waals surface area contributed by atoms with Gasteiger partial charge in [-0.15, -0.1) is 0 Å². The van der Waals surface area contributed by atoms with Crippen molar-refractivity contribution >= 4 is 5.97 Å². The third-order valence-electron chi connectivity index (χ3n) is 7.68. The molecule has 3 saturated carbocycles. The molecule has 3 aliphatic carbocycles. The summed E-state index contributed by atoms with van der Waals surface area (Å²) < 4.78 is 4.85. The van der Waals surface area contributed by atoms with Crippen LogP contribution in [0.4, 0.5) is 0 Å². The van der Waals surface area contributed by atoms with Gasteiger partial charge < -0.3 is 20.1 Å². The fourth-order valence-electron chi connectivity index (χ4n) is 6.23. The normalized spacial score (nSPS) is 43.5. The number of ether oxygens (including phenoxy) is 1. The smallest absolute Gasteiger partial charge is 0.302 e. The Balaban J connectivity index is 1.68. The standard InChI is InChI=1S/C22H34O5/c1-12-6-7-16-19(12)20-15(10-18(25)22(16,20)5)13(2)17(24)8-9-21(4,26)11-27-14(3)23/h8-9,12,15-20,24-26H,2,6-7,10-11H2,1,3-5H3/b9-8+/t12-,15+,16+,17-,18+,19-,20+,21-,22+/m1/s1. The van der Waals surface area contributed by atoms with E-state index in [0.717, 1.165) is 0 Å². The molecule has 0 saturated heterocycles. The highest BCUT2D eigenvalue weighted by atomic mass is 16.5. The van der Waals surface area contributed by atoms with Crippen molar-refractivity contribution in [2.75, 3.05) is 6.61 Å². The molecule has 0 spiro atoms. The van der Waals surface area contributed by atoms with Gasteiger partial charge in [-0.05, 0) is 54.9 Å². The van der Waals surface area contributed by atoms with E-state index in [4.69, 9.17) is 4.74 Å². The van der Waals surface area contributed by atoms with Gasteiger partial charge in [0, 0.05) is 12.3 Å². The first kappa shape index (κ1) is 20.6. The summed E-state index contributed by atoms with van der Waals surface area (Å²) in [6.45, 7) is 11.3. The number of esters is 1. The van der Waals surface area contributed by atoms with Crippen LogP contribution in [0.5, 0.6) is 0 Å². The first-order valence-electron chi connectivity index (χ1n) is 10.1. The van der Waals surface area contributed by atoms with E-state index in [1.54, 1.807) is 0 Å². The Morgan fingerprint density at radius 1 is 1.44 bits per heavy atom. The maximum atomic E-state index is 10.9. The van der Waals surface area contributed by atoms with E-state index in [-0.39, 0.29) is 24.0 Å². The Labute approximate surface area is 162 Å². The molecular weight excluding hydrogens is 344 g/mol. The van der Waals surface area contributed by atoms with Crippen LogP contribution in [0.1, 0.15) is 47.0 Å². The lowest BCUT2D eigenvalue weighted by atomic mass is 9.46. The molecule has 0 heterocycles.